The predicted octanol–water partition coefficient (Wildman–Crippen LogP) is 3.86. The third kappa shape index (κ3) is 4.16. The van der Waals surface area contributed by atoms with Crippen molar-refractivity contribution in [3.05, 3.63) is 112 Å². The Morgan fingerprint density at radius 3 is 2.15 bits per heavy atom. The van der Waals surface area contributed by atoms with Gasteiger partial charge in [-0.2, -0.15) is 9.50 Å². The molecule has 0 aliphatic carbocycles. The number of nitrogens with one attached hydrogen (secondary N) is 2. The van der Waals surface area contributed by atoms with Crippen LogP contribution in [-0.4, -0.2) is 32.6 Å². The number of amides is 1. The normalized spacial score (nSPS) is 11.0. The topological polar surface area (TPSA) is 101 Å². The number of hydrogen-bond acceptors (Lipinski definition) is 5. The van der Waals surface area contributed by atoms with Crippen LogP contribution in [0.15, 0.2) is 95.8 Å². The third-order valence-corrected chi connectivity index (χ3v) is 5.47. The Morgan fingerprint density at radius 2 is 1.56 bits per heavy atom. The molecular formula is C26H21N5O3. The molecule has 2 heterocycles. The first kappa shape index (κ1) is 21.1. The van der Waals surface area contributed by atoms with Crippen LogP contribution in [-0.2, 0) is 4.79 Å². The highest BCUT2D eigenvalue weighted by Crippen LogP contribution is 2.26. The van der Waals surface area contributed by atoms with Gasteiger partial charge in [-0.3, -0.25) is 14.6 Å². The van der Waals surface area contributed by atoms with E-state index in [1.807, 2.05) is 72.8 Å². The number of anilines is 1. The van der Waals surface area contributed by atoms with E-state index in [-0.39, 0.29) is 17.5 Å². The van der Waals surface area contributed by atoms with Crippen molar-refractivity contribution in [3.63, 3.8) is 0 Å². The molecule has 34 heavy (non-hydrogen) atoms. The summed E-state index contributed by atoms with van der Waals surface area (Å²) in [6, 6.07) is 27.5. The minimum atomic E-state index is -0.568. The number of benzene rings is 3. The van der Waals surface area contributed by atoms with E-state index in [4.69, 9.17) is 4.74 Å². The molecule has 5 aromatic rings. The van der Waals surface area contributed by atoms with E-state index >= 15 is 0 Å². The maximum Gasteiger partial charge on any atom is 0.254 e. The van der Waals surface area contributed by atoms with Gasteiger partial charge < -0.3 is 10.1 Å². The van der Waals surface area contributed by atoms with Gasteiger partial charge in [-0.05, 0) is 35.4 Å². The summed E-state index contributed by atoms with van der Waals surface area (Å²) >= 11 is 0. The Kier molecular flexibility index (Phi) is 5.61. The number of aromatic nitrogens is 4. The Labute approximate surface area is 194 Å². The quantitative estimate of drug-likeness (QED) is 0.408. The van der Waals surface area contributed by atoms with Crippen molar-refractivity contribution in [2.75, 3.05) is 12.4 Å². The number of rotatable bonds is 6. The van der Waals surface area contributed by atoms with Crippen molar-refractivity contribution in [1.29, 1.82) is 0 Å². The molecule has 0 aliphatic rings. The fourth-order valence-corrected chi connectivity index (χ4v) is 3.83. The summed E-state index contributed by atoms with van der Waals surface area (Å²) in [4.78, 5) is 32.9. The number of hydrogen-bond donors (Lipinski definition) is 2. The number of ether oxygens (including phenoxy) is 1. The van der Waals surface area contributed by atoms with Crippen LogP contribution in [0.2, 0.25) is 0 Å². The zero-order valence-corrected chi connectivity index (χ0v) is 18.3. The summed E-state index contributed by atoms with van der Waals surface area (Å²) in [6.07, 6.45) is 0. The number of carbonyl (C=O) groups excluding carboxylic acids is 1. The lowest BCUT2D eigenvalue weighted by Crippen LogP contribution is -2.25. The largest absolute Gasteiger partial charge is 0.497 e. The molecular weight excluding hydrogens is 430 g/mol. The molecule has 0 radical (unpaired) electrons. The van der Waals surface area contributed by atoms with Crippen LogP contribution >= 0.6 is 0 Å². The van der Waals surface area contributed by atoms with Gasteiger partial charge in [-0.25, -0.2) is 0 Å². The highest BCUT2D eigenvalue weighted by Gasteiger charge is 2.24. The van der Waals surface area contributed by atoms with Crippen LogP contribution in [0.4, 0.5) is 5.82 Å². The summed E-state index contributed by atoms with van der Waals surface area (Å²) in [7, 11) is 1.59. The SMILES string of the molecule is COc1ccc(-c2nc3[nH]c(=O)cc(NC(=O)C(c4ccccc4)c4ccccc4)n3n2)cc1. The van der Waals surface area contributed by atoms with Gasteiger partial charge in [0.2, 0.25) is 11.7 Å². The summed E-state index contributed by atoms with van der Waals surface area (Å²) in [5.41, 5.74) is 2.02. The van der Waals surface area contributed by atoms with Crippen molar-refractivity contribution in [2.45, 2.75) is 5.92 Å². The van der Waals surface area contributed by atoms with Crippen LogP contribution < -0.4 is 15.6 Å². The summed E-state index contributed by atoms with van der Waals surface area (Å²) in [5.74, 6) is 0.717. The summed E-state index contributed by atoms with van der Waals surface area (Å²) < 4.78 is 6.62. The second kappa shape index (κ2) is 9.03. The molecule has 8 heteroatoms. The van der Waals surface area contributed by atoms with Crippen LogP contribution in [0.5, 0.6) is 5.75 Å². The van der Waals surface area contributed by atoms with Gasteiger partial charge in [-0.15, -0.1) is 5.10 Å². The van der Waals surface area contributed by atoms with Crippen LogP contribution in [0.25, 0.3) is 17.2 Å². The molecule has 8 nitrogen and oxygen atoms in total. The van der Waals surface area contributed by atoms with Crippen molar-refractivity contribution in [2.24, 2.45) is 0 Å². The number of methoxy groups -OCH3 is 1. The lowest BCUT2D eigenvalue weighted by molar-refractivity contribution is -0.116. The van der Waals surface area contributed by atoms with Crippen LogP contribution in [0, 0.1) is 0 Å². The predicted molar refractivity (Wildman–Crippen MR) is 129 cm³/mol. The van der Waals surface area contributed by atoms with Gasteiger partial charge in [0.05, 0.1) is 13.0 Å². The molecule has 0 fully saturated rings. The van der Waals surface area contributed by atoms with E-state index in [0.717, 1.165) is 16.7 Å². The smallest absolute Gasteiger partial charge is 0.254 e. The van der Waals surface area contributed by atoms with Crippen molar-refractivity contribution in [1.82, 2.24) is 19.6 Å². The molecule has 0 aliphatic heterocycles. The lowest BCUT2D eigenvalue weighted by atomic mass is 9.90. The molecule has 0 spiro atoms. The molecule has 3 aromatic carbocycles. The second-order valence-electron chi connectivity index (χ2n) is 7.66. The molecule has 2 N–H and O–H groups in total. The van der Waals surface area contributed by atoms with Crippen molar-refractivity contribution in [3.8, 4) is 17.1 Å². The number of fused-ring (bicyclic) bond motifs is 1. The lowest BCUT2D eigenvalue weighted by Gasteiger charge is -2.18. The van der Waals surface area contributed by atoms with Gasteiger partial charge in [0.25, 0.3) is 5.56 Å². The van der Waals surface area contributed by atoms with E-state index in [2.05, 4.69) is 20.4 Å². The fraction of sp³-hybridized carbons (Fsp3) is 0.0769. The fourth-order valence-electron chi connectivity index (χ4n) is 3.83. The minimum Gasteiger partial charge on any atom is -0.497 e. The molecule has 2 aromatic heterocycles. The van der Waals surface area contributed by atoms with Gasteiger partial charge in [0.1, 0.15) is 11.6 Å². The minimum absolute atomic E-state index is 0.226. The first-order valence-electron chi connectivity index (χ1n) is 10.7. The van der Waals surface area contributed by atoms with E-state index in [1.54, 1.807) is 19.2 Å². The Morgan fingerprint density at radius 1 is 0.941 bits per heavy atom. The molecule has 0 unspecified atom stereocenters. The standard InChI is InChI=1S/C26H21N5O3/c1-34-20-14-12-19(13-15-20)24-29-26-28-22(32)16-21(31(26)30-24)27-25(33)23(17-8-4-2-5-9-17)18-10-6-3-7-11-18/h2-16,23H,1H3,(H,27,33)(H,28,29,30,32). The van der Waals surface area contributed by atoms with E-state index in [9.17, 15) is 9.59 Å². The van der Waals surface area contributed by atoms with Crippen molar-refractivity contribution >= 4 is 17.5 Å². The van der Waals surface area contributed by atoms with Gasteiger partial charge >= 0.3 is 0 Å². The first-order chi connectivity index (χ1) is 16.6. The third-order valence-electron chi connectivity index (χ3n) is 5.47. The molecule has 1 amide bonds. The number of nitrogens with zero attached hydrogens (tertiary/aromatic N) is 3. The van der Waals surface area contributed by atoms with Crippen LogP contribution in [0.1, 0.15) is 17.0 Å². The maximum atomic E-state index is 13.5. The molecule has 0 atom stereocenters. The summed E-state index contributed by atoms with van der Waals surface area (Å²) in [5, 5.41) is 7.40. The second-order valence-corrected chi connectivity index (χ2v) is 7.66. The average Bonchev–Trinajstić information content (AvgIpc) is 3.30. The zero-order valence-electron chi connectivity index (χ0n) is 18.3. The average molecular weight is 451 g/mol. The molecule has 5 rings (SSSR count). The molecule has 168 valence electrons. The van der Waals surface area contributed by atoms with E-state index in [0.29, 0.717) is 11.6 Å². The van der Waals surface area contributed by atoms with Gasteiger partial charge in [-0.1, -0.05) is 60.7 Å². The number of aromatic amines is 1. The Balaban J connectivity index is 1.53. The Hall–Kier alpha value is -4.72. The molecule has 0 bridgehead atoms. The molecule has 0 saturated carbocycles. The highest BCUT2D eigenvalue weighted by molar-refractivity contribution is 5.97. The zero-order chi connectivity index (χ0) is 23.5. The van der Waals surface area contributed by atoms with Crippen LogP contribution in [0.3, 0.4) is 0 Å². The highest BCUT2D eigenvalue weighted by atomic mass is 16.5. The number of H-pyrrole nitrogens is 1. The van der Waals surface area contributed by atoms with Crippen molar-refractivity contribution < 1.29 is 9.53 Å². The first-order valence-corrected chi connectivity index (χ1v) is 10.7. The molecule has 0 saturated heterocycles. The number of carbonyl (C=O) groups is 1. The van der Waals surface area contributed by atoms with E-state index in [1.165, 1.54) is 10.6 Å². The monoisotopic (exact) mass is 451 g/mol. The van der Waals surface area contributed by atoms with Gasteiger partial charge in [0.15, 0.2) is 5.82 Å². The van der Waals surface area contributed by atoms with Gasteiger partial charge in [0, 0.05) is 11.6 Å². The maximum absolute atomic E-state index is 13.5. The summed E-state index contributed by atoms with van der Waals surface area (Å²) in [6.45, 7) is 0. The Bertz CT molecular complexity index is 1450. The van der Waals surface area contributed by atoms with E-state index < -0.39 is 11.5 Å².